The number of hydrogen-bond acceptors (Lipinski definition) is 2. The van der Waals surface area contributed by atoms with Crippen LogP contribution in [0.15, 0.2) is 30.3 Å². The summed E-state index contributed by atoms with van der Waals surface area (Å²) in [6.07, 6.45) is 1.68. The lowest BCUT2D eigenvalue weighted by molar-refractivity contribution is -0.159. The maximum atomic E-state index is 14.8. The fourth-order valence-corrected chi connectivity index (χ4v) is 1.73. The molecule has 17 heavy (non-hydrogen) atoms. The summed E-state index contributed by atoms with van der Waals surface area (Å²) in [4.78, 5) is 11.8. The van der Waals surface area contributed by atoms with Crippen molar-refractivity contribution in [1.29, 1.82) is 0 Å². The van der Waals surface area contributed by atoms with Gasteiger partial charge in [-0.15, -0.1) is 0 Å². The Morgan fingerprint density at radius 3 is 2.47 bits per heavy atom. The number of unbranched alkanes of at least 4 members (excludes halogenated alkanes) is 1. The summed E-state index contributed by atoms with van der Waals surface area (Å²) in [5.74, 6) is -0.778. The van der Waals surface area contributed by atoms with Crippen molar-refractivity contribution in [3.8, 4) is 0 Å². The van der Waals surface area contributed by atoms with E-state index in [2.05, 4.69) is 0 Å². The summed E-state index contributed by atoms with van der Waals surface area (Å²) in [7, 11) is 0. The van der Waals surface area contributed by atoms with Gasteiger partial charge in [-0.1, -0.05) is 43.7 Å². The Labute approximate surface area is 102 Å². The first-order valence-electron chi connectivity index (χ1n) is 6.06. The Morgan fingerprint density at radius 2 is 1.94 bits per heavy atom. The van der Waals surface area contributed by atoms with Crippen molar-refractivity contribution in [2.45, 2.75) is 38.8 Å². The lowest BCUT2D eigenvalue weighted by atomic mass is 9.90. The van der Waals surface area contributed by atoms with Crippen LogP contribution in [0.3, 0.4) is 0 Å². The number of carbonyl (C=O) groups is 1. The highest BCUT2D eigenvalue weighted by molar-refractivity contribution is 5.81. The normalized spacial score (nSPS) is 14.1. The van der Waals surface area contributed by atoms with Gasteiger partial charge in [0.1, 0.15) is 0 Å². The zero-order valence-electron chi connectivity index (χ0n) is 10.4. The summed E-state index contributed by atoms with van der Waals surface area (Å²) < 4.78 is 19.7. The first kappa shape index (κ1) is 13.7. The first-order valence-corrected chi connectivity index (χ1v) is 6.06. The van der Waals surface area contributed by atoms with Gasteiger partial charge >= 0.3 is 5.97 Å². The third-order valence-corrected chi connectivity index (χ3v) is 2.71. The summed E-state index contributed by atoms with van der Waals surface area (Å²) in [6, 6.07) is 8.53. The summed E-state index contributed by atoms with van der Waals surface area (Å²) >= 11 is 0. The summed E-state index contributed by atoms with van der Waals surface area (Å²) in [6.45, 7) is 3.85. The molecule has 0 radical (unpaired) electrons. The van der Waals surface area contributed by atoms with Crippen LogP contribution < -0.4 is 0 Å². The van der Waals surface area contributed by atoms with Gasteiger partial charge in [0.25, 0.3) is 0 Å². The van der Waals surface area contributed by atoms with Crippen molar-refractivity contribution in [3.05, 3.63) is 35.9 Å². The minimum absolute atomic E-state index is 0.173. The first-order chi connectivity index (χ1) is 8.15. The largest absolute Gasteiger partial charge is 0.463 e. The summed E-state index contributed by atoms with van der Waals surface area (Å²) in [5.41, 5.74) is -1.63. The lowest BCUT2D eigenvalue weighted by Crippen LogP contribution is -2.33. The van der Waals surface area contributed by atoms with E-state index in [0.29, 0.717) is 12.0 Å². The standard InChI is InChI=1S/C14H19FO2/c1-3-5-11-14(15,13(16)17-4-2)12-9-7-6-8-10-12/h6-10H,3-5,11H2,1-2H3. The van der Waals surface area contributed by atoms with Crippen LogP contribution in [0, 0.1) is 0 Å². The Kier molecular flexibility index (Phi) is 5.13. The van der Waals surface area contributed by atoms with Gasteiger partial charge in [0.05, 0.1) is 6.61 Å². The molecule has 0 saturated heterocycles. The van der Waals surface area contributed by atoms with Gasteiger partial charge in [-0.2, -0.15) is 0 Å². The number of rotatable bonds is 6. The molecular formula is C14H19FO2. The van der Waals surface area contributed by atoms with Gasteiger partial charge in [-0.05, 0) is 19.8 Å². The van der Waals surface area contributed by atoms with Crippen LogP contribution in [0.1, 0.15) is 38.7 Å². The molecule has 0 N–H and O–H groups in total. The Morgan fingerprint density at radius 1 is 1.29 bits per heavy atom. The SMILES string of the molecule is CCCCC(F)(C(=O)OCC)c1ccccc1. The monoisotopic (exact) mass is 238 g/mol. The van der Waals surface area contributed by atoms with Gasteiger partial charge < -0.3 is 4.74 Å². The highest BCUT2D eigenvalue weighted by Gasteiger charge is 2.41. The van der Waals surface area contributed by atoms with E-state index in [1.54, 1.807) is 37.3 Å². The van der Waals surface area contributed by atoms with E-state index >= 15 is 0 Å². The lowest BCUT2D eigenvalue weighted by Gasteiger charge is -2.23. The molecule has 2 nitrogen and oxygen atoms in total. The van der Waals surface area contributed by atoms with Crippen molar-refractivity contribution in [2.24, 2.45) is 0 Å². The predicted octanol–water partition coefficient (Wildman–Crippen LogP) is 3.60. The molecule has 0 heterocycles. The molecule has 0 aromatic heterocycles. The third kappa shape index (κ3) is 3.29. The zero-order chi connectivity index (χ0) is 12.7. The van der Waals surface area contributed by atoms with E-state index in [0.717, 1.165) is 6.42 Å². The van der Waals surface area contributed by atoms with E-state index in [9.17, 15) is 9.18 Å². The Balaban J connectivity index is 2.97. The molecule has 0 aliphatic heterocycles. The number of esters is 1. The number of ether oxygens (including phenoxy) is 1. The molecule has 1 aromatic rings. The second kappa shape index (κ2) is 6.38. The van der Waals surface area contributed by atoms with Crippen molar-refractivity contribution in [3.63, 3.8) is 0 Å². The van der Waals surface area contributed by atoms with Crippen LogP contribution in [0.2, 0.25) is 0 Å². The maximum Gasteiger partial charge on any atom is 0.348 e. The number of alkyl halides is 1. The van der Waals surface area contributed by atoms with E-state index in [1.165, 1.54) is 0 Å². The molecule has 1 rings (SSSR count). The Hall–Kier alpha value is -1.38. The van der Waals surface area contributed by atoms with Crippen LogP contribution in [0.25, 0.3) is 0 Å². The molecule has 0 spiro atoms. The van der Waals surface area contributed by atoms with Gasteiger partial charge in [0, 0.05) is 5.56 Å². The molecule has 1 unspecified atom stereocenters. The average molecular weight is 238 g/mol. The fourth-order valence-electron chi connectivity index (χ4n) is 1.73. The fraction of sp³-hybridized carbons (Fsp3) is 0.500. The molecule has 1 atom stereocenters. The molecular weight excluding hydrogens is 219 g/mol. The molecule has 0 bridgehead atoms. The average Bonchev–Trinajstić information content (AvgIpc) is 2.37. The molecule has 0 aliphatic carbocycles. The van der Waals surface area contributed by atoms with Crippen molar-refractivity contribution >= 4 is 5.97 Å². The third-order valence-electron chi connectivity index (χ3n) is 2.71. The molecule has 94 valence electrons. The van der Waals surface area contributed by atoms with Crippen molar-refractivity contribution in [2.75, 3.05) is 6.61 Å². The minimum Gasteiger partial charge on any atom is -0.463 e. The maximum absolute atomic E-state index is 14.8. The van der Waals surface area contributed by atoms with Crippen LogP contribution >= 0.6 is 0 Å². The van der Waals surface area contributed by atoms with Crippen LogP contribution in [0.4, 0.5) is 4.39 Å². The van der Waals surface area contributed by atoms with Crippen LogP contribution in [-0.4, -0.2) is 12.6 Å². The van der Waals surface area contributed by atoms with Gasteiger partial charge in [0.15, 0.2) is 0 Å². The molecule has 1 aromatic carbocycles. The van der Waals surface area contributed by atoms with Gasteiger partial charge in [0.2, 0.25) is 5.67 Å². The van der Waals surface area contributed by atoms with E-state index < -0.39 is 11.6 Å². The highest BCUT2D eigenvalue weighted by Crippen LogP contribution is 2.33. The second-order valence-corrected chi connectivity index (χ2v) is 3.99. The van der Waals surface area contributed by atoms with Crippen LogP contribution in [0.5, 0.6) is 0 Å². The molecule has 3 heteroatoms. The van der Waals surface area contributed by atoms with Crippen molar-refractivity contribution < 1.29 is 13.9 Å². The quantitative estimate of drug-likeness (QED) is 0.708. The minimum atomic E-state index is -2.01. The Bertz CT molecular complexity index is 350. The van der Waals surface area contributed by atoms with E-state index in [4.69, 9.17) is 4.74 Å². The van der Waals surface area contributed by atoms with Gasteiger partial charge in [-0.3, -0.25) is 0 Å². The number of carbonyl (C=O) groups excluding carboxylic acids is 1. The topological polar surface area (TPSA) is 26.3 Å². The summed E-state index contributed by atoms with van der Waals surface area (Å²) in [5, 5.41) is 0. The van der Waals surface area contributed by atoms with Crippen LogP contribution in [-0.2, 0) is 15.2 Å². The van der Waals surface area contributed by atoms with Crippen molar-refractivity contribution in [1.82, 2.24) is 0 Å². The molecule has 0 fully saturated rings. The highest BCUT2D eigenvalue weighted by atomic mass is 19.1. The predicted molar refractivity (Wildman–Crippen MR) is 65.4 cm³/mol. The number of benzene rings is 1. The van der Waals surface area contributed by atoms with Gasteiger partial charge in [-0.25, -0.2) is 9.18 Å². The molecule has 0 saturated carbocycles. The molecule has 0 amide bonds. The zero-order valence-corrected chi connectivity index (χ0v) is 10.4. The smallest absolute Gasteiger partial charge is 0.348 e. The van der Waals surface area contributed by atoms with E-state index in [1.807, 2.05) is 6.92 Å². The number of hydrogen-bond donors (Lipinski definition) is 0. The second-order valence-electron chi connectivity index (χ2n) is 3.99. The molecule has 0 aliphatic rings. The number of halogens is 1. The van der Waals surface area contributed by atoms with E-state index in [-0.39, 0.29) is 13.0 Å².